The fourth-order valence-electron chi connectivity index (χ4n) is 3.76. The highest BCUT2D eigenvalue weighted by molar-refractivity contribution is 5.94. The molecule has 1 fully saturated rings. The van der Waals surface area contributed by atoms with E-state index >= 15 is 0 Å². The van der Waals surface area contributed by atoms with E-state index in [1.54, 1.807) is 6.20 Å². The van der Waals surface area contributed by atoms with E-state index in [0.717, 1.165) is 31.2 Å². The number of rotatable bonds is 4. The first-order valence-electron chi connectivity index (χ1n) is 9.23. The summed E-state index contributed by atoms with van der Waals surface area (Å²) in [6, 6.07) is 5.40. The number of carbonyl (C=O) groups excluding carboxylic acids is 1. The van der Waals surface area contributed by atoms with Gasteiger partial charge in [0.15, 0.2) is 5.69 Å². The van der Waals surface area contributed by atoms with Gasteiger partial charge in [-0.25, -0.2) is 4.98 Å². The van der Waals surface area contributed by atoms with Gasteiger partial charge < -0.3 is 14.8 Å². The van der Waals surface area contributed by atoms with Crippen LogP contribution in [0.2, 0.25) is 0 Å². The second kappa shape index (κ2) is 7.45. The molecule has 0 unspecified atom stereocenters. The minimum absolute atomic E-state index is 0.120. The molecule has 2 atom stereocenters. The number of fused-ring (bicyclic) bond motifs is 1. The Morgan fingerprint density at radius 3 is 3.08 bits per heavy atom. The third-order valence-corrected chi connectivity index (χ3v) is 5.11. The second-order valence-electron chi connectivity index (χ2n) is 6.87. The maximum atomic E-state index is 12.9. The van der Waals surface area contributed by atoms with Crippen LogP contribution in [0.15, 0.2) is 24.4 Å². The Kier molecular flexibility index (Phi) is 4.88. The van der Waals surface area contributed by atoms with Crippen molar-refractivity contribution in [1.82, 2.24) is 20.1 Å². The number of hydrogen-bond acceptors (Lipinski definition) is 5. The molecule has 7 heteroatoms. The van der Waals surface area contributed by atoms with Crippen LogP contribution in [0, 0.1) is 0 Å². The summed E-state index contributed by atoms with van der Waals surface area (Å²) in [5.74, 6) is 0.419. The molecule has 1 amide bonds. The third kappa shape index (κ3) is 3.44. The van der Waals surface area contributed by atoms with E-state index in [-0.39, 0.29) is 18.1 Å². The zero-order valence-electron chi connectivity index (χ0n) is 15.0. The molecular weight excluding hydrogens is 332 g/mol. The van der Waals surface area contributed by atoms with Crippen LogP contribution in [0.5, 0.6) is 5.88 Å². The molecule has 0 bridgehead atoms. The summed E-state index contributed by atoms with van der Waals surface area (Å²) in [5, 5.41) is 7.61. The molecule has 138 valence electrons. The lowest BCUT2D eigenvalue weighted by Gasteiger charge is -2.31. The molecular formula is C19H24N4O3. The van der Waals surface area contributed by atoms with Gasteiger partial charge in [-0.3, -0.25) is 9.48 Å². The fraction of sp³-hybridized carbons (Fsp3) is 0.526. The Morgan fingerprint density at radius 1 is 1.35 bits per heavy atom. The van der Waals surface area contributed by atoms with Gasteiger partial charge in [0.2, 0.25) is 5.88 Å². The van der Waals surface area contributed by atoms with Crippen LogP contribution in [0.1, 0.15) is 41.0 Å². The molecule has 0 saturated carbocycles. The maximum Gasteiger partial charge on any atom is 0.272 e. The SMILES string of the molecule is Cn1nc(C(=O)N[C@@H]2CCOC[C@H]2Oc2ccccn2)c2c1CCCC2. The molecule has 4 rings (SSSR count). The Bertz CT molecular complexity index is 775. The van der Waals surface area contributed by atoms with Crippen LogP contribution in [-0.4, -0.2) is 46.0 Å². The lowest BCUT2D eigenvalue weighted by Crippen LogP contribution is -2.51. The van der Waals surface area contributed by atoms with Crippen LogP contribution < -0.4 is 10.1 Å². The van der Waals surface area contributed by atoms with Gasteiger partial charge in [-0.1, -0.05) is 6.07 Å². The summed E-state index contributed by atoms with van der Waals surface area (Å²) in [4.78, 5) is 17.1. The molecule has 1 aliphatic carbocycles. The van der Waals surface area contributed by atoms with Gasteiger partial charge in [0.05, 0.1) is 12.6 Å². The molecule has 1 aliphatic heterocycles. The summed E-state index contributed by atoms with van der Waals surface area (Å²) >= 11 is 0. The van der Waals surface area contributed by atoms with Crippen molar-refractivity contribution in [1.29, 1.82) is 0 Å². The molecule has 2 aromatic heterocycles. The van der Waals surface area contributed by atoms with Crippen molar-refractivity contribution in [2.24, 2.45) is 7.05 Å². The molecule has 7 nitrogen and oxygen atoms in total. The Hall–Kier alpha value is -2.41. The summed E-state index contributed by atoms with van der Waals surface area (Å²) < 4.78 is 13.3. The van der Waals surface area contributed by atoms with Gasteiger partial charge in [-0.15, -0.1) is 0 Å². The summed E-state index contributed by atoms with van der Waals surface area (Å²) in [5.41, 5.74) is 2.85. The van der Waals surface area contributed by atoms with Crippen LogP contribution >= 0.6 is 0 Å². The Labute approximate surface area is 152 Å². The second-order valence-corrected chi connectivity index (χ2v) is 6.87. The van der Waals surface area contributed by atoms with E-state index in [1.165, 1.54) is 5.69 Å². The monoisotopic (exact) mass is 356 g/mol. The van der Waals surface area contributed by atoms with Crippen LogP contribution in [0.4, 0.5) is 0 Å². The van der Waals surface area contributed by atoms with Gasteiger partial charge in [-0.05, 0) is 38.2 Å². The first-order valence-corrected chi connectivity index (χ1v) is 9.23. The van der Waals surface area contributed by atoms with E-state index in [4.69, 9.17) is 9.47 Å². The minimum atomic E-state index is -0.262. The van der Waals surface area contributed by atoms with Crippen molar-refractivity contribution >= 4 is 5.91 Å². The van der Waals surface area contributed by atoms with Crippen LogP contribution in [-0.2, 0) is 24.6 Å². The molecule has 0 aromatic carbocycles. The number of carbonyl (C=O) groups is 1. The molecule has 1 saturated heterocycles. The number of nitrogens with one attached hydrogen (secondary N) is 1. The van der Waals surface area contributed by atoms with Gasteiger partial charge in [0.25, 0.3) is 5.91 Å². The Balaban J connectivity index is 1.49. The van der Waals surface area contributed by atoms with E-state index in [2.05, 4.69) is 15.4 Å². The number of aromatic nitrogens is 3. The van der Waals surface area contributed by atoms with Gasteiger partial charge in [-0.2, -0.15) is 5.10 Å². The lowest BCUT2D eigenvalue weighted by molar-refractivity contribution is -0.0153. The topological polar surface area (TPSA) is 78.3 Å². The smallest absolute Gasteiger partial charge is 0.272 e. The average Bonchev–Trinajstić information content (AvgIpc) is 3.01. The van der Waals surface area contributed by atoms with E-state index in [0.29, 0.717) is 31.2 Å². The van der Waals surface area contributed by atoms with Crippen molar-refractivity contribution in [3.63, 3.8) is 0 Å². The van der Waals surface area contributed by atoms with E-state index in [1.807, 2.05) is 29.9 Å². The van der Waals surface area contributed by atoms with Crippen molar-refractivity contribution in [3.8, 4) is 5.88 Å². The highest BCUT2D eigenvalue weighted by Gasteiger charge is 2.32. The number of amides is 1. The predicted molar refractivity (Wildman–Crippen MR) is 95.2 cm³/mol. The molecule has 1 N–H and O–H groups in total. The standard InChI is InChI=1S/C19H24N4O3/c1-23-15-7-3-2-6-13(15)18(22-23)19(24)21-14-9-11-25-12-16(14)26-17-8-4-5-10-20-17/h4-5,8,10,14,16H,2-3,6-7,9,11-12H2,1H3,(H,21,24)/t14-,16-/m1/s1. The maximum absolute atomic E-state index is 12.9. The third-order valence-electron chi connectivity index (χ3n) is 5.11. The summed E-state index contributed by atoms with van der Waals surface area (Å²) in [6.45, 7) is 1.04. The number of ether oxygens (including phenoxy) is 2. The predicted octanol–water partition coefficient (Wildman–Crippen LogP) is 1.66. The minimum Gasteiger partial charge on any atom is -0.470 e. The number of nitrogens with zero attached hydrogens (tertiary/aromatic N) is 3. The molecule has 26 heavy (non-hydrogen) atoms. The zero-order chi connectivity index (χ0) is 17.9. The highest BCUT2D eigenvalue weighted by Crippen LogP contribution is 2.24. The molecule has 2 aromatic rings. The number of aryl methyl sites for hydroxylation is 1. The van der Waals surface area contributed by atoms with Crippen molar-refractivity contribution in [2.75, 3.05) is 13.2 Å². The van der Waals surface area contributed by atoms with Gasteiger partial charge >= 0.3 is 0 Å². The number of hydrogen-bond donors (Lipinski definition) is 1. The van der Waals surface area contributed by atoms with Crippen LogP contribution in [0.3, 0.4) is 0 Å². The molecule has 3 heterocycles. The van der Waals surface area contributed by atoms with Crippen molar-refractivity contribution in [3.05, 3.63) is 41.3 Å². The summed E-state index contributed by atoms with van der Waals surface area (Å²) in [7, 11) is 1.92. The average molecular weight is 356 g/mol. The van der Waals surface area contributed by atoms with Gasteiger partial charge in [0.1, 0.15) is 6.10 Å². The fourth-order valence-corrected chi connectivity index (χ4v) is 3.76. The molecule has 0 radical (unpaired) electrons. The summed E-state index contributed by atoms with van der Waals surface area (Å²) in [6.07, 6.45) is 6.32. The van der Waals surface area contributed by atoms with Crippen LogP contribution in [0.25, 0.3) is 0 Å². The molecule has 0 spiro atoms. The normalized spacial score (nSPS) is 22.5. The first-order chi connectivity index (χ1) is 12.7. The van der Waals surface area contributed by atoms with E-state index < -0.39 is 0 Å². The van der Waals surface area contributed by atoms with E-state index in [9.17, 15) is 4.79 Å². The Morgan fingerprint density at radius 2 is 2.23 bits per heavy atom. The van der Waals surface area contributed by atoms with Crippen molar-refractivity contribution < 1.29 is 14.3 Å². The lowest BCUT2D eigenvalue weighted by atomic mass is 9.95. The number of pyridine rings is 1. The highest BCUT2D eigenvalue weighted by atomic mass is 16.5. The quantitative estimate of drug-likeness (QED) is 0.901. The van der Waals surface area contributed by atoms with Crippen molar-refractivity contribution in [2.45, 2.75) is 44.2 Å². The zero-order valence-corrected chi connectivity index (χ0v) is 15.0. The van der Waals surface area contributed by atoms with Gasteiger partial charge in [0, 0.05) is 37.2 Å². The largest absolute Gasteiger partial charge is 0.470 e. The first kappa shape index (κ1) is 17.0. The molecule has 2 aliphatic rings.